The molecule has 5 heteroatoms. The summed E-state index contributed by atoms with van der Waals surface area (Å²) in [6.45, 7) is 0. The molecular weight excluding hydrogens is 330 g/mol. The smallest absolute Gasteiger partial charge is 0.269 e. The number of nitro benzene ring substituents is 1. The fourth-order valence-electron chi connectivity index (χ4n) is 2.47. The van der Waals surface area contributed by atoms with E-state index in [1.165, 1.54) is 24.3 Å². The molecule has 5 nitrogen and oxygen atoms in total. The third-order valence-electron chi connectivity index (χ3n) is 3.87. The number of hydrogen-bond acceptors (Lipinski definition) is 4. The lowest BCUT2D eigenvalue weighted by Gasteiger charge is -2.09. The van der Waals surface area contributed by atoms with Gasteiger partial charge in [0.15, 0.2) is 5.78 Å². The van der Waals surface area contributed by atoms with Crippen molar-refractivity contribution in [3.05, 3.63) is 105 Å². The summed E-state index contributed by atoms with van der Waals surface area (Å²) in [5.74, 6) is -0.357. The van der Waals surface area contributed by atoms with Crippen molar-refractivity contribution in [2.45, 2.75) is 0 Å². The molecule has 0 heterocycles. The SMILES string of the molecule is O=C(c1ccccc1)c1ccc(/C=C/c2cc([N+](=O)[O-])ccc2[O-])cc1. The molecule has 3 rings (SSSR count). The van der Waals surface area contributed by atoms with Gasteiger partial charge in [-0.25, -0.2) is 0 Å². The summed E-state index contributed by atoms with van der Waals surface area (Å²) in [4.78, 5) is 22.6. The quantitative estimate of drug-likeness (QED) is 0.302. The van der Waals surface area contributed by atoms with Gasteiger partial charge in [-0.2, -0.15) is 0 Å². The molecule has 26 heavy (non-hydrogen) atoms. The number of nitro groups is 1. The minimum Gasteiger partial charge on any atom is -0.872 e. The Balaban J connectivity index is 1.80. The van der Waals surface area contributed by atoms with Crippen molar-refractivity contribution < 1.29 is 14.8 Å². The Labute approximate surface area is 150 Å². The van der Waals surface area contributed by atoms with Crippen LogP contribution in [-0.4, -0.2) is 10.7 Å². The molecule has 0 saturated carbocycles. The number of non-ortho nitro benzene ring substituents is 1. The molecule has 0 spiro atoms. The van der Waals surface area contributed by atoms with Crippen molar-refractivity contribution in [3.63, 3.8) is 0 Å². The highest BCUT2D eigenvalue weighted by Crippen LogP contribution is 2.23. The first-order valence-corrected chi connectivity index (χ1v) is 7.88. The second-order valence-corrected chi connectivity index (χ2v) is 5.63. The molecule has 0 saturated heterocycles. The Hall–Kier alpha value is -3.73. The van der Waals surface area contributed by atoms with Gasteiger partial charge in [0.05, 0.1) is 4.92 Å². The Morgan fingerprint density at radius 2 is 1.50 bits per heavy atom. The van der Waals surface area contributed by atoms with E-state index >= 15 is 0 Å². The Morgan fingerprint density at radius 1 is 0.846 bits per heavy atom. The molecular formula is C21H14NO4-. The lowest BCUT2D eigenvalue weighted by Crippen LogP contribution is -2.00. The topological polar surface area (TPSA) is 83.3 Å². The minimum absolute atomic E-state index is 0.0679. The first kappa shape index (κ1) is 17.1. The van der Waals surface area contributed by atoms with Gasteiger partial charge < -0.3 is 5.11 Å². The van der Waals surface area contributed by atoms with Crippen LogP contribution in [0.4, 0.5) is 5.69 Å². The van der Waals surface area contributed by atoms with Crippen LogP contribution in [0.3, 0.4) is 0 Å². The van der Waals surface area contributed by atoms with Gasteiger partial charge in [-0.3, -0.25) is 14.9 Å². The predicted octanol–water partition coefficient (Wildman–Crippen LogP) is 4.07. The first-order valence-electron chi connectivity index (χ1n) is 7.88. The average Bonchev–Trinajstić information content (AvgIpc) is 2.67. The number of benzene rings is 3. The Morgan fingerprint density at radius 3 is 2.15 bits per heavy atom. The van der Waals surface area contributed by atoms with Crippen LogP contribution < -0.4 is 5.11 Å². The summed E-state index contributed by atoms with van der Waals surface area (Å²) in [5, 5.41) is 22.6. The van der Waals surface area contributed by atoms with E-state index in [0.717, 1.165) is 5.56 Å². The monoisotopic (exact) mass is 344 g/mol. The van der Waals surface area contributed by atoms with E-state index in [-0.39, 0.29) is 22.8 Å². The van der Waals surface area contributed by atoms with Gasteiger partial charge >= 0.3 is 0 Å². The maximum Gasteiger partial charge on any atom is 0.269 e. The zero-order valence-corrected chi connectivity index (χ0v) is 13.7. The van der Waals surface area contributed by atoms with E-state index in [1.807, 2.05) is 18.2 Å². The highest BCUT2D eigenvalue weighted by molar-refractivity contribution is 6.09. The fourth-order valence-corrected chi connectivity index (χ4v) is 2.47. The normalized spacial score (nSPS) is 10.8. The summed E-state index contributed by atoms with van der Waals surface area (Å²) in [7, 11) is 0. The third kappa shape index (κ3) is 3.84. The maximum absolute atomic E-state index is 12.4. The molecule has 0 bridgehead atoms. The van der Waals surface area contributed by atoms with Crippen molar-refractivity contribution in [3.8, 4) is 5.75 Å². The van der Waals surface area contributed by atoms with Gasteiger partial charge in [-0.1, -0.05) is 72.8 Å². The van der Waals surface area contributed by atoms with E-state index in [4.69, 9.17) is 0 Å². The maximum atomic E-state index is 12.4. The standard InChI is InChI=1S/C21H15NO4/c23-20-13-12-19(22(25)26)14-18(20)11-8-15-6-9-17(10-7-15)21(24)16-4-2-1-3-5-16/h1-14,23H/p-1/b11-8+. The zero-order chi connectivity index (χ0) is 18.5. The molecule has 3 aromatic carbocycles. The van der Waals surface area contributed by atoms with Crippen LogP contribution in [0.15, 0.2) is 72.8 Å². The summed E-state index contributed by atoms with van der Waals surface area (Å²) < 4.78 is 0. The van der Waals surface area contributed by atoms with E-state index < -0.39 is 4.92 Å². The van der Waals surface area contributed by atoms with Crippen LogP contribution >= 0.6 is 0 Å². The zero-order valence-electron chi connectivity index (χ0n) is 13.7. The fraction of sp³-hybridized carbons (Fsp3) is 0. The number of rotatable bonds is 5. The lowest BCUT2D eigenvalue weighted by atomic mass is 10.0. The van der Waals surface area contributed by atoms with Crippen molar-refractivity contribution >= 4 is 23.6 Å². The third-order valence-corrected chi connectivity index (χ3v) is 3.87. The summed E-state index contributed by atoms with van der Waals surface area (Å²) in [5.41, 5.74) is 2.06. The number of ketones is 1. The van der Waals surface area contributed by atoms with Crippen molar-refractivity contribution in [1.29, 1.82) is 0 Å². The Bertz CT molecular complexity index is 977. The van der Waals surface area contributed by atoms with E-state index in [9.17, 15) is 20.0 Å². The van der Waals surface area contributed by atoms with Crippen LogP contribution in [-0.2, 0) is 0 Å². The molecule has 3 aromatic rings. The van der Waals surface area contributed by atoms with Crippen LogP contribution in [0.25, 0.3) is 12.2 Å². The summed E-state index contributed by atoms with van der Waals surface area (Å²) >= 11 is 0. The first-order chi connectivity index (χ1) is 12.5. The lowest BCUT2D eigenvalue weighted by molar-refractivity contribution is -0.385. The number of hydrogen-bond donors (Lipinski definition) is 0. The molecule has 0 amide bonds. The molecule has 0 atom stereocenters. The second kappa shape index (κ2) is 7.44. The van der Waals surface area contributed by atoms with Crippen LogP contribution in [0.2, 0.25) is 0 Å². The highest BCUT2D eigenvalue weighted by Gasteiger charge is 2.08. The number of nitrogens with zero attached hydrogens (tertiary/aromatic N) is 1. The second-order valence-electron chi connectivity index (χ2n) is 5.63. The van der Waals surface area contributed by atoms with Gasteiger partial charge in [-0.05, 0) is 11.1 Å². The van der Waals surface area contributed by atoms with Crippen molar-refractivity contribution in [2.24, 2.45) is 0 Å². The molecule has 0 aliphatic heterocycles. The number of carbonyl (C=O) groups is 1. The summed E-state index contributed by atoms with van der Waals surface area (Å²) in [6, 6.07) is 19.5. The van der Waals surface area contributed by atoms with Gasteiger partial charge in [0, 0.05) is 23.3 Å². The van der Waals surface area contributed by atoms with E-state index in [2.05, 4.69) is 0 Å². The van der Waals surface area contributed by atoms with Gasteiger partial charge in [-0.15, -0.1) is 5.75 Å². The van der Waals surface area contributed by atoms with Crippen molar-refractivity contribution in [2.75, 3.05) is 0 Å². The highest BCUT2D eigenvalue weighted by atomic mass is 16.6. The van der Waals surface area contributed by atoms with Gasteiger partial charge in [0.1, 0.15) is 0 Å². The van der Waals surface area contributed by atoms with Crippen molar-refractivity contribution in [1.82, 2.24) is 0 Å². The van der Waals surface area contributed by atoms with Crippen LogP contribution in [0.1, 0.15) is 27.0 Å². The molecule has 0 aliphatic carbocycles. The molecule has 0 aliphatic rings. The van der Waals surface area contributed by atoms with Crippen LogP contribution in [0.5, 0.6) is 5.75 Å². The Kier molecular flexibility index (Phi) is 4.90. The molecule has 0 fully saturated rings. The molecule has 0 radical (unpaired) electrons. The summed E-state index contributed by atoms with van der Waals surface area (Å²) in [6.07, 6.45) is 3.21. The molecule has 0 unspecified atom stereocenters. The van der Waals surface area contributed by atoms with E-state index in [1.54, 1.807) is 42.5 Å². The molecule has 0 N–H and O–H groups in total. The van der Waals surface area contributed by atoms with Gasteiger partial charge in [0.25, 0.3) is 5.69 Å². The number of carbonyl (C=O) groups excluding carboxylic acids is 1. The molecule has 128 valence electrons. The average molecular weight is 344 g/mol. The minimum atomic E-state index is -0.541. The van der Waals surface area contributed by atoms with Crippen LogP contribution in [0, 0.1) is 10.1 Å². The largest absolute Gasteiger partial charge is 0.872 e. The molecule has 0 aromatic heterocycles. The predicted molar refractivity (Wildman–Crippen MR) is 97.8 cm³/mol. The van der Waals surface area contributed by atoms with E-state index in [0.29, 0.717) is 11.1 Å². The van der Waals surface area contributed by atoms with Gasteiger partial charge in [0.2, 0.25) is 0 Å².